The summed E-state index contributed by atoms with van der Waals surface area (Å²) in [7, 11) is 0. The molecule has 104 valence electrons. The van der Waals surface area contributed by atoms with E-state index in [1.165, 1.54) is 11.1 Å². The van der Waals surface area contributed by atoms with Crippen molar-refractivity contribution in [3.05, 3.63) is 33.8 Å². The van der Waals surface area contributed by atoms with Crippen LogP contribution in [0, 0.1) is 12.8 Å². The molecule has 0 unspecified atom stereocenters. The maximum atomic E-state index is 11.9. The number of piperidine rings is 1. The molecule has 0 bridgehead atoms. The van der Waals surface area contributed by atoms with Crippen molar-refractivity contribution in [3.8, 4) is 0 Å². The van der Waals surface area contributed by atoms with Crippen molar-refractivity contribution in [1.29, 1.82) is 0 Å². The standard InChI is InChI=1S/C15H21BrN2O/c1-11-2-3-14(16)9-13(11)10-18-15(19)8-12-4-6-17-7-5-12/h2-3,9,12,17H,4-8,10H2,1H3,(H,18,19). The molecule has 1 aromatic rings. The number of nitrogens with one attached hydrogen (secondary N) is 2. The minimum absolute atomic E-state index is 0.172. The molecule has 2 rings (SSSR count). The molecule has 0 atom stereocenters. The van der Waals surface area contributed by atoms with Gasteiger partial charge in [-0.05, 0) is 62.0 Å². The average Bonchev–Trinajstić information content (AvgIpc) is 2.41. The molecule has 0 radical (unpaired) electrons. The van der Waals surface area contributed by atoms with E-state index in [4.69, 9.17) is 0 Å². The molecule has 1 heterocycles. The third-order valence-corrected chi connectivity index (χ3v) is 4.21. The van der Waals surface area contributed by atoms with Crippen LogP contribution in [0.4, 0.5) is 0 Å². The zero-order valence-electron chi connectivity index (χ0n) is 11.3. The first-order valence-corrected chi connectivity index (χ1v) is 7.67. The van der Waals surface area contributed by atoms with E-state index in [1.807, 2.05) is 6.07 Å². The third-order valence-electron chi connectivity index (χ3n) is 3.72. The van der Waals surface area contributed by atoms with E-state index < -0.39 is 0 Å². The quantitative estimate of drug-likeness (QED) is 0.894. The lowest BCUT2D eigenvalue weighted by molar-refractivity contribution is -0.122. The van der Waals surface area contributed by atoms with Crippen LogP contribution in [0.5, 0.6) is 0 Å². The Bertz CT molecular complexity index is 442. The summed E-state index contributed by atoms with van der Waals surface area (Å²) in [6.45, 7) is 4.78. The fourth-order valence-corrected chi connectivity index (χ4v) is 2.85. The van der Waals surface area contributed by atoms with E-state index in [-0.39, 0.29) is 5.91 Å². The van der Waals surface area contributed by atoms with Crippen LogP contribution in [-0.2, 0) is 11.3 Å². The molecule has 0 spiro atoms. The van der Waals surface area contributed by atoms with Gasteiger partial charge in [0.1, 0.15) is 0 Å². The van der Waals surface area contributed by atoms with Crippen molar-refractivity contribution in [1.82, 2.24) is 10.6 Å². The van der Waals surface area contributed by atoms with Gasteiger partial charge >= 0.3 is 0 Å². The van der Waals surface area contributed by atoms with E-state index in [2.05, 4.69) is 45.6 Å². The van der Waals surface area contributed by atoms with Crippen molar-refractivity contribution >= 4 is 21.8 Å². The van der Waals surface area contributed by atoms with Crippen molar-refractivity contribution in [2.75, 3.05) is 13.1 Å². The van der Waals surface area contributed by atoms with Gasteiger partial charge in [0.05, 0.1) is 0 Å². The molecule has 1 aliphatic rings. The summed E-state index contributed by atoms with van der Waals surface area (Å²) < 4.78 is 1.06. The normalized spacial score (nSPS) is 16.3. The van der Waals surface area contributed by atoms with Crippen LogP contribution in [0.3, 0.4) is 0 Å². The van der Waals surface area contributed by atoms with Crippen molar-refractivity contribution in [2.45, 2.75) is 32.7 Å². The summed E-state index contributed by atoms with van der Waals surface area (Å²) in [6.07, 6.45) is 2.89. The van der Waals surface area contributed by atoms with Crippen molar-refractivity contribution in [2.24, 2.45) is 5.92 Å². The molecule has 4 heteroatoms. The van der Waals surface area contributed by atoms with E-state index in [9.17, 15) is 4.79 Å². The summed E-state index contributed by atoms with van der Waals surface area (Å²) in [5.41, 5.74) is 2.39. The maximum absolute atomic E-state index is 11.9. The van der Waals surface area contributed by atoms with Gasteiger partial charge in [0.25, 0.3) is 0 Å². The first kappa shape index (κ1) is 14.5. The lowest BCUT2D eigenvalue weighted by Gasteiger charge is -2.22. The second kappa shape index (κ2) is 7.06. The number of rotatable bonds is 4. The molecule has 0 aromatic heterocycles. The molecule has 1 amide bonds. The second-order valence-electron chi connectivity index (χ2n) is 5.25. The Morgan fingerprint density at radius 2 is 2.16 bits per heavy atom. The summed E-state index contributed by atoms with van der Waals surface area (Å²) in [5, 5.41) is 6.36. The Morgan fingerprint density at radius 1 is 1.42 bits per heavy atom. The number of hydrogen-bond acceptors (Lipinski definition) is 2. The largest absolute Gasteiger partial charge is 0.352 e. The molecule has 3 nitrogen and oxygen atoms in total. The predicted octanol–water partition coefficient (Wildman–Crippen LogP) is 2.76. The van der Waals surface area contributed by atoms with Gasteiger partial charge in [0, 0.05) is 17.4 Å². The molecule has 2 N–H and O–H groups in total. The molecule has 1 saturated heterocycles. The predicted molar refractivity (Wildman–Crippen MR) is 80.9 cm³/mol. The maximum Gasteiger partial charge on any atom is 0.220 e. The summed E-state index contributed by atoms with van der Waals surface area (Å²) >= 11 is 3.46. The lowest BCUT2D eigenvalue weighted by Crippen LogP contribution is -2.32. The number of carbonyl (C=O) groups is 1. The Balaban J connectivity index is 1.81. The monoisotopic (exact) mass is 324 g/mol. The van der Waals surface area contributed by atoms with Crippen LogP contribution in [0.1, 0.15) is 30.4 Å². The molecular weight excluding hydrogens is 304 g/mol. The van der Waals surface area contributed by atoms with Crippen LogP contribution in [0.2, 0.25) is 0 Å². The second-order valence-corrected chi connectivity index (χ2v) is 6.16. The van der Waals surface area contributed by atoms with Gasteiger partial charge in [0.15, 0.2) is 0 Å². The zero-order valence-corrected chi connectivity index (χ0v) is 12.9. The Hall–Kier alpha value is -0.870. The first-order chi connectivity index (χ1) is 9.15. The number of hydrogen-bond donors (Lipinski definition) is 2. The van der Waals surface area contributed by atoms with Gasteiger partial charge in [0.2, 0.25) is 5.91 Å². The number of carbonyl (C=O) groups excluding carboxylic acids is 1. The third kappa shape index (κ3) is 4.62. The molecule has 1 aliphatic heterocycles. The van der Waals surface area contributed by atoms with Crippen LogP contribution >= 0.6 is 15.9 Å². The lowest BCUT2D eigenvalue weighted by atomic mass is 9.94. The van der Waals surface area contributed by atoms with Gasteiger partial charge in [-0.2, -0.15) is 0 Å². The average molecular weight is 325 g/mol. The van der Waals surface area contributed by atoms with Crippen LogP contribution in [0.25, 0.3) is 0 Å². The van der Waals surface area contributed by atoms with E-state index in [0.29, 0.717) is 18.9 Å². The SMILES string of the molecule is Cc1ccc(Br)cc1CNC(=O)CC1CCNCC1. The topological polar surface area (TPSA) is 41.1 Å². The van der Waals surface area contributed by atoms with Crippen molar-refractivity contribution < 1.29 is 4.79 Å². The molecule has 1 aromatic carbocycles. The van der Waals surface area contributed by atoms with E-state index in [1.54, 1.807) is 0 Å². The highest BCUT2D eigenvalue weighted by Crippen LogP contribution is 2.17. The summed E-state index contributed by atoms with van der Waals surface area (Å²) in [5.74, 6) is 0.719. The first-order valence-electron chi connectivity index (χ1n) is 6.87. The number of benzene rings is 1. The van der Waals surface area contributed by atoms with Crippen molar-refractivity contribution in [3.63, 3.8) is 0 Å². The van der Waals surface area contributed by atoms with Gasteiger partial charge in [-0.15, -0.1) is 0 Å². The van der Waals surface area contributed by atoms with Crippen LogP contribution < -0.4 is 10.6 Å². The fourth-order valence-electron chi connectivity index (χ4n) is 2.44. The number of aryl methyl sites for hydroxylation is 1. The van der Waals surface area contributed by atoms with Crippen LogP contribution in [-0.4, -0.2) is 19.0 Å². The van der Waals surface area contributed by atoms with Gasteiger partial charge in [-0.1, -0.05) is 22.0 Å². The van der Waals surface area contributed by atoms with Gasteiger partial charge in [-0.3, -0.25) is 4.79 Å². The van der Waals surface area contributed by atoms with Gasteiger partial charge in [-0.25, -0.2) is 0 Å². The summed E-state index contributed by atoms with van der Waals surface area (Å²) in [4.78, 5) is 11.9. The minimum atomic E-state index is 0.172. The van der Waals surface area contributed by atoms with E-state index in [0.717, 1.165) is 30.4 Å². The van der Waals surface area contributed by atoms with Gasteiger partial charge < -0.3 is 10.6 Å². The highest BCUT2D eigenvalue weighted by molar-refractivity contribution is 9.10. The molecule has 0 aliphatic carbocycles. The minimum Gasteiger partial charge on any atom is -0.352 e. The fraction of sp³-hybridized carbons (Fsp3) is 0.533. The van der Waals surface area contributed by atoms with E-state index >= 15 is 0 Å². The van der Waals surface area contributed by atoms with Crippen LogP contribution in [0.15, 0.2) is 22.7 Å². The molecule has 1 fully saturated rings. The molecular formula is C15H21BrN2O. The highest BCUT2D eigenvalue weighted by atomic mass is 79.9. The molecule has 0 saturated carbocycles. The Kier molecular flexibility index (Phi) is 5.40. The zero-order chi connectivity index (χ0) is 13.7. The number of amides is 1. The smallest absolute Gasteiger partial charge is 0.220 e. The highest BCUT2D eigenvalue weighted by Gasteiger charge is 2.16. The number of halogens is 1. The Labute approximate surface area is 123 Å². The molecule has 19 heavy (non-hydrogen) atoms. The Morgan fingerprint density at radius 3 is 2.89 bits per heavy atom. The summed E-state index contributed by atoms with van der Waals surface area (Å²) in [6, 6.07) is 6.16.